The van der Waals surface area contributed by atoms with Crippen LogP contribution in [-0.2, 0) is 4.74 Å². The molecule has 0 saturated carbocycles. The molecule has 0 aliphatic heterocycles. The molecular formula is C12H14F2N2O2. The van der Waals surface area contributed by atoms with Crippen molar-refractivity contribution in [3.05, 3.63) is 29.3 Å². The number of anilines is 1. The Bertz CT molecular complexity index is 460. The average Bonchev–Trinajstić information content (AvgIpc) is 2.32. The van der Waals surface area contributed by atoms with Crippen LogP contribution >= 0.6 is 0 Å². The summed E-state index contributed by atoms with van der Waals surface area (Å²) in [6.07, 6.45) is -0.807. The van der Waals surface area contributed by atoms with E-state index in [1.807, 2.05) is 0 Å². The van der Waals surface area contributed by atoms with E-state index in [0.29, 0.717) is 0 Å². The Morgan fingerprint density at radius 3 is 2.67 bits per heavy atom. The molecular weight excluding hydrogens is 242 g/mol. The number of aliphatic hydroxyl groups excluding tert-OH is 1. The zero-order valence-electron chi connectivity index (χ0n) is 10.2. The fourth-order valence-corrected chi connectivity index (χ4v) is 1.58. The van der Waals surface area contributed by atoms with Crippen LogP contribution in [0.4, 0.5) is 14.5 Å². The first-order valence-electron chi connectivity index (χ1n) is 5.27. The van der Waals surface area contributed by atoms with Crippen LogP contribution < -0.4 is 4.90 Å². The van der Waals surface area contributed by atoms with E-state index in [4.69, 9.17) is 10.00 Å². The third-order valence-corrected chi connectivity index (χ3v) is 2.44. The van der Waals surface area contributed by atoms with E-state index in [9.17, 15) is 13.9 Å². The zero-order valence-corrected chi connectivity index (χ0v) is 10.2. The number of hydrogen-bond donors (Lipinski definition) is 1. The van der Waals surface area contributed by atoms with Crippen molar-refractivity contribution in [3.8, 4) is 6.07 Å². The second kappa shape index (κ2) is 6.28. The number of halogens is 2. The van der Waals surface area contributed by atoms with Crippen LogP contribution in [0.25, 0.3) is 0 Å². The van der Waals surface area contributed by atoms with Gasteiger partial charge >= 0.3 is 0 Å². The van der Waals surface area contributed by atoms with Crippen LogP contribution in [0.15, 0.2) is 12.1 Å². The lowest BCUT2D eigenvalue weighted by Gasteiger charge is -2.23. The van der Waals surface area contributed by atoms with Crippen LogP contribution in [0.2, 0.25) is 0 Å². The molecule has 0 spiro atoms. The zero-order chi connectivity index (χ0) is 13.7. The maximum Gasteiger partial charge on any atom is 0.183 e. The fraction of sp³-hybridized carbons (Fsp3) is 0.417. The number of benzene rings is 1. The Labute approximate surface area is 104 Å². The Morgan fingerprint density at radius 2 is 2.11 bits per heavy atom. The van der Waals surface area contributed by atoms with Gasteiger partial charge in [-0.25, -0.2) is 8.78 Å². The molecule has 1 N–H and O–H groups in total. The Hall–Kier alpha value is -1.71. The number of aliphatic hydroxyl groups is 1. The average molecular weight is 256 g/mol. The normalized spacial score (nSPS) is 12.0. The highest BCUT2D eigenvalue weighted by molar-refractivity contribution is 5.51. The molecule has 0 aromatic heterocycles. The van der Waals surface area contributed by atoms with Gasteiger partial charge in [-0.1, -0.05) is 0 Å². The number of rotatable bonds is 5. The Kier molecular flexibility index (Phi) is 5.01. The molecule has 0 heterocycles. The third kappa shape index (κ3) is 3.15. The first kappa shape index (κ1) is 14.4. The fourth-order valence-electron chi connectivity index (χ4n) is 1.58. The van der Waals surface area contributed by atoms with Crippen LogP contribution in [0.1, 0.15) is 5.56 Å². The van der Waals surface area contributed by atoms with Crippen LogP contribution in [0.3, 0.4) is 0 Å². The largest absolute Gasteiger partial charge is 0.389 e. The molecule has 18 heavy (non-hydrogen) atoms. The smallest absolute Gasteiger partial charge is 0.183 e. The molecule has 0 bridgehead atoms. The van der Waals surface area contributed by atoms with Gasteiger partial charge in [0.15, 0.2) is 11.6 Å². The monoisotopic (exact) mass is 256 g/mol. The molecule has 0 saturated heterocycles. The molecule has 0 fully saturated rings. The number of hydrogen-bond acceptors (Lipinski definition) is 4. The van der Waals surface area contributed by atoms with Crippen molar-refractivity contribution in [3.63, 3.8) is 0 Å². The van der Waals surface area contributed by atoms with Crippen LogP contribution in [0.5, 0.6) is 0 Å². The molecule has 0 amide bonds. The first-order chi connectivity index (χ1) is 8.51. The van der Waals surface area contributed by atoms with Gasteiger partial charge in [0, 0.05) is 20.7 Å². The van der Waals surface area contributed by atoms with E-state index >= 15 is 0 Å². The summed E-state index contributed by atoms with van der Waals surface area (Å²) >= 11 is 0. The summed E-state index contributed by atoms with van der Waals surface area (Å²) in [5.74, 6) is -2.27. The lowest BCUT2D eigenvalue weighted by atomic mass is 10.2. The van der Waals surface area contributed by atoms with E-state index in [1.54, 1.807) is 6.07 Å². The molecule has 1 atom stereocenters. The highest BCUT2D eigenvalue weighted by atomic mass is 19.2. The molecule has 1 aromatic rings. The van der Waals surface area contributed by atoms with Gasteiger partial charge in [0.25, 0.3) is 0 Å². The van der Waals surface area contributed by atoms with Crippen molar-refractivity contribution in [2.24, 2.45) is 0 Å². The van der Waals surface area contributed by atoms with Gasteiger partial charge < -0.3 is 14.7 Å². The Balaban J connectivity index is 2.90. The van der Waals surface area contributed by atoms with Gasteiger partial charge in [-0.2, -0.15) is 5.26 Å². The predicted octanol–water partition coefficient (Wildman–Crippen LogP) is 1.28. The quantitative estimate of drug-likeness (QED) is 0.862. The summed E-state index contributed by atoms with van der Waals surface area (Å²) in [6.45, 7) is 0.195. The van der Waals surface area contributed by atoms with E-state index in [1.165, 1.54) is 31.2 Å². The molecule has 0 aliphatic rings. The van der Waals surface area contributed by atoms with E-state index in [-0.39, 0.29) is 24.4 Å². The van der Waals surface area contributed by atoms with Gasteiger partial charge in [-0.15, -0.1) is 0 Å². The van der Waals surface area contributed by atoms with Gasteiger partial charge in [0.05, 0.1) is 24.0 Å². The number of methoxy groups -OCH3 is 1. The summed E-state index contributed by atoms with van der Waals surface area (Å²) < 4.78 is 31.8. The second-order valence-electron chi connectivity index (χ2n) is 3.86. The predicted molar refractivity (Wildman–Crippen MR) is 62.2 cm³/mol. The van der Waals surface area contributed by atoms with Crippen molar-refractivity contribution < 1.29 is 18.6 Å². The second-order valence-corrected chi connectivity index (χ2v) is 3.86. The molecule has 0 radical (unpaired) electrons. The van der Waals surface area contributed by atoms with Crippen molar-refractivity contribution in [1.29, 1.82) is 5.26 Å². The van der Waals surface area contributed by atoms with Crippen molar-refractivity contribution >= 4 is 5.69 Å². The number of ether oxygens (including phenoxy) is 1. The van der Waals surface area contributed by atoms with Crippen molar-refractivity contribution in [1.82, 2.24) is 0 Å². The topological polar surface area (TPSA) is 56.5 Å². The summed E-state index contributed by atoms with van der Waals surface area (Å²) in [7, 11) is 2.95. The van der Waals surface area contributed by atoms with Crippen LogP contribution in [-0.4, -0.2) is 38.5 Å². The molecule has 4 nitrogen and oxygen atoms in total. The lowest BCUT2D eigenvalue weighted by Crippen LogP contribution is -2.32. The summed E-state index contributed by atoms with van der Waals surface area (Å²) in [5.41, 5.74) is -0.358. The minimum Gasteiger partial charge on any atom is -0.389 e. The van der Waals surface area contributed by atoms with Gasteiger partial charge in [0.2, 0.25) is 0 Å². The highest BCUT2D eigenvalue weighted by Crippen LogP contribution is 2.23. The standard InChI is InChI=1S/C12H14F2N2O2/c1-16(6-9(17)7-18-2)10-4-3-8(5-15)11(13)12(10)14/h3-4,9,17H,6-7H2,1-2H3. The summed E-state index contributed by atoms with van der Waals surface area (Å²) in [4.78, 5) is 1.36. The van der Waals surface area contributed by atoms with Gasteiger partial charge in [-0.3, -0.25) is 0 Å². The van der Waals surface area contributed by atoms with Crippen molar-refractivity contribution in [2.75, 3.05) is 32.2 Å². The summed E-state index contributed by atoms with van der Waals surface area (Å²) in [6, 6.07) is 4.06. The van der Waals surface area contributed by atoms with Crippen molar-refractivity contribution in [2.45, 2.75) is 6.10 Å². The molecule has 1 rings (SSSR count). The third-order valence-electron chi connectivity index (χ3n) is 2.44. The van der Waals surface area contributed by atoms with Gasteiger partial charge in [0.1, 0.15) is 6.07 Å². The lowest BCUT2D eigenvalue weighted by molar-refractivity contribution is 0.0694. The Morgan fingerprint density at radius 1 is 1.44 bits per heavy atom. The minimum atomic E-state index is -1.18. The first-order valence-corrected chi connectivity index (χ1v) is 5.27. The highest BCUT2D eigenvalue weighted by Gasteiger charge is 2.17. The SMILES string of the molecule is COCC(O)CN(C)c1ccc(C#N)c(F)c1F. The molecule has 1 unspecified atom stereocenters. The van der Waals surface area contributed by atoms with Crippen LogP contribution in [0, 0.1) is 23.0 Å². The molecule has 1 aromatic carbocycles. The van der Waals surface area contributed by atoms with E-state index < -0.39 is 17.7 Å². The van der Waals surface area contributed by atoms with E-state index in [0.717, 1.165) is 0 Å². The molecule has 98 valence electrons. The maximum absolute atomic E-state index is 13.7. The number of nitrogens with zero attached hydrogens (tertiary/aromatic N) is 2. The minimum absolute atomic E-state index is 0.0124. The number of likely N-dealkylation sites (N-methyl/N-ethyl adjacent to an activating group) is 1. The summed E-state index contributed by atoms with van der Waals surface area (Å²) in [5, 5.41) is 18.1. The van der Waals surface area contributed by atoms with Gasteiger partial charge in [-0.05, 0) is 12.1 Å². The molecule has 6 heteroatoms. The molecule has 0 aliphatic carbocycles. The number of nitriles is 1. The maximum atomic E-state index is 13.7. The van der Waals surface area contributed by atoms with E-state index in [2.05, 4.69) is 0 Å².